The van der Waals surface area contributed by atoms with E-state index in [1.165, 1.54) is 28.8 Å². The number of rotatable bonds is 3. The van der Waals surface area contributed by atoms with Crippen molar-refractivity contribution in [1.29, 1.82) is 0 Å². The maximum atomic E-state index is 13.7. The minimum Gasteiger partial charge on any atom is -0.334 e. The molecule has 1 fully saturated rings. The second-order valence-corrected chi connectivity index (χ2v) is 8.48. The molecule has 170 valence electrons. The van der Waals surface area contributed by atoms with Crippen LogP contribution >= 0.6 is 0 Å². The van der Waals surface area contributed by atoms with Gasteiger partial charge in [0, 0.05) is 31.1 Å². The average Bonchev–Trinajstić information content (AvgIpc) is 3.27. The van der Waals surface area contributed by atoms with E-state index < -0.39 is 5.82 Å². The molecule has 4 heterocycles. The Hall–Kier alpha value is -3.75. The van der Waals surface area contributed by atoms with Gasteiger partial charge in [0.25, 0.3) is 11.5 Å². The van der Waals surface area contributed by atoms with Crippen LogP contribution in [0.2, 0.25) is 0 Å². The molecule has 2 aliphatic rings. The van der Waals surface area contributed by atoms with Crippen molar-refractivity contribution >= 4 is 17.5 Å². The number of piperidine rings is 1. The lowest BCUT2D eigenvalue weighted by molar-refractivity contribution is -0.126. The summed E-state index contributed by atoms with van der Waals surface area (Å²) in [6.45, 7) is 4.74. The van der Waals surface area contributed by atoms with Gasteiger partial charge in [-0.05, 0) is 43.5 Å². The third-order valence-corrected chi connectivity index (χ3v) is 6.46. The van der Waals surface area contributed by atoms with Crippen LogP contribution in [0.15, 0.2) is 47.8 Å². The maximum absolute atomic E-state index is 13.7. The number of nitrogens with zero attached hydrogens (tertiary/aromatic N) is 4. The molecule has 1 aromatic carbocycles. The first-order valence-electron chi connectivity index (χ1n) is 11.1. The van der Waals surface area contributed by atoms with E-state index in [-0.39, 0.29) is 30.0 Å². The normalized spacial score (nSPS) is 18.3. The number of carbonyl (C=O) groups is 2. The van der Waals surface area contributed by atoms with Crippen LogP contribution in [-0.2, 0) is 17.8 Å². The lowest BCUT2D eigenvalue weighted by Gasteiger charge is -2.35. The molecule has 1 unspecified atom stereocenters. The zero-order valence-electron chi connectivity index (χ0n) is 18.1. The summed E-state index contributed by atoms with van der Waals surface area (Å²) in [6.07, 6.45) is 4.26. The molecule has 5 rings (SSSR count). The number of H-pyrrole nitrogens is 1. The molecule has 3 aromatic rings. The SMILES string of the molecule is C=CC(=O)N1CCc2nc3cc(C4CCCCN4C(=O)c4cccc(F)c4)[nH]n3c(=O)c2C1. The Labute approximate surface area is 189 Å². The molecule has 1 N–H and O–H groups in total. The fourth-order valence-corrected chi connectivity index (χ4v) is 4.77. The van der Waals surface area contributed by atoms with Gasteiger partial charge in [0.1, 0.15) is 5.82 Å². The molecule has 0 spiro atoms. The standard InChI is InChI=1S/C24H24FN5O3/c1-2-22(31)28-11-9-18-17(14-28)24(33)30-21(26-18)13-19(27-30)20-8-3-4-10-29(20)23(32)15-6-5-7-16(25)12-15/h2,5-7,12-13,20,27H,1,3-4,8-11,14H2. The van der Waals surface area contributed by atoms with Gasteiger partial charge in [-0.2, -0.15) is 0 Å². The second-order valence-electron chi connectivity index (χ2n) is 8.48. The Bertz CT molecular complexity index is 1330. The number of aromatic amines is 1. The van der Waals surface area contributed by atoms with E-state index in [1.807, 2.05) is 6.07 Å². The summed E-state index contributed by atoms with van der Waals surface area (Å²) in [5.74, 6) is -0.910. The number of benzene rings is 1. The van der Waals surface area contributed by atoms with Crippen molar-refractivity contribution in [2.75, 3.05) is 13.1 Å². The van der Waals surface area contributed by atoms with Crippen LogP contribution in [0.1, 0.15) is 52.6 Å². The molecule has 2 amide bonds. The molecule has 9 heteroatoms. The Morgan fingerprint density at radius 3 is 2.85 bits per heavy atom. The minimum atomic E-state index is -0.453. The zero-order valence-corrected chi connectivity index (χ0v) is 18.1. The summed E-state index contributed by atoms with van der Waals surface area (Å²) in [5.41, 5.74) is 2.43. The third kappa shape index (κ3) is 3.73. The minimum absolute atomic E-state index is 0.191. The highest BCUT2D eigenvalue weighted by molar-refractivity contribution is 5.94. The first-order chi connectivity index (χ1) is 16.0. The van der Waals surface area contributed by atoms with E-state index in [2.05, 4.69) is 16.7 Å². The largest absolute Gasteiger partial charge is 0.334 e. The highest BCUT2D eigenvalue weighted by Crippen LogP contribution is 2.32. The molecule has 2 aromatic heterocycles. The molecule has 8 nitrogen and oxygen atoms in total. The molecule has 0 bridgehead atoms. The summed E-state index contributed by atoms with van der Waals surface area (Å²) in [6, 6.07) is 7.23. The van der Waals surface area contributed by atoms with E-state index >= 15 is 0 Å². The lowest BCUT2D eigenvalue weighted by Crippen LogP contribution is -2.39. The molecule has 0 radical (unpaired) electrons. The predicted molar refractivity (Wildman–Crippen MR) is 119 cm³/mol. The lowest BCUT2D eigenvalue weighted by atomic mass is 9.98. The van der Waals surface area contributed by atoms with E-state index in [1.54, 1.807) is 15.9 Å². The van der Waals surface area contributed by atoms with Crippen LogP contribution in [0.25, 0.3) is 5.65 Å². The van der Waals surface area contributed by atoms with Gasteiger partial charge in [-0.1, -0.05) is 12.6 Å². The number of hydrogen-bond acceptors (Lipinski definition) is 4. The average molecular weight is 449 g/mol. The number of carbonyl (C=O) groups excluding carboxylic acids is 2. The van der Waals surface area contributed by atoms with Gasteiger partial charge in [0.15, 0.2) is 5.65 Å². The first kappa shape index (κ1) is 21.1. The third-order valence-electron chi connectivity index (χ3n) is 6.46. The Balaban J connectivity index is 1.51. The summed E-state index contributed by atoms with van der Waals surface area (Å²) in [5, 5.41) is 3.14. The molecular weight excluding hydrogens is 425 g/mol. The molecule has 0 saturated carbocycles. The second kappa shape index (κ2) is 8.31. The number of likely N-dealkylation sites (tertiary alicyclic amines) is 1. The number of aromatic nitrogens is 3. The van der Waals surface area contributed by atoms with Crippen molar-refractivity contribution in [1.82, 2.24) is 24.4 Å². The number of amides is 2. The van der Waals surface area contributed by atoms with Gasteiger partial charge >= 0.3 is 0 Å². The van der Waals surface area contributed by atoms with Gasteiger partial charge < -0.3 is 9.80 Å². The summed E-state index contributed by atoms with van der Waals surface area (Å²) in [7, 11) is 0. The number of nitrogens with one attached hydrogen (secondary N) is 1. The van der Waals surface area contributed by atoms with Gasteiger partial charge in [-0.3, -0.25) is 19.5 Å². The van der Waals surface area contributed by atoms with Crippen LogP contribution in [0.3, 0.4) is 0 Å². The van der Waals surface area contributed by atoms with E-state index in [4.69, 9.17) is 0 Å². The van der Waals surface area contributed by atoms with Crippen molar-refractivity contribution in [2.45, 2.75) is 38.3 Å². The molecule has 0 aliphatic carbocycles. The predicted octanol–water partition coefficient (Wildman–Crippen LogP) is 2.60. The van der Waals surface area contributed by atoms with E-state index in [0.29, 0.717) is 47.7 Å². The molecule has 2 aliphatic heterocycles. The fourth-order valence-electron chi connectivity index (χ4n) is 4.77. The highest BCUT2D eigenvalue weighted by Gasteiger charge is 2.31. The number of halogens is 1. The monoisotopic (exact) mass is 449 g/mol. The fraction of sp³-hybridized carbons (Fsp3) is 0.333. The van der Waals surface area contributed by atoms with Gasteiger partial charge in [-0.25, -0.2) is 13.9 Å². The van der Waals surface area contributed by atoms with Crippen LogP contribution in [0.4, 0.5) is 4.39 Å². The van der Waals surface area contributed by atoms with Crippen molar-refractivity contribution in [3.8, 4) is 0 Å². The van der Waals surface area contributed by atoms with Crippen molar-refractivity contribution in [3.63, 3.8) is 0 Å². The number of fused-ring (bicyclic) bond motifs is 2. The van der Waals surface area contributed by atoms with Crippen molar-refractivity contribution in [3.05, 3.63) is 81.7 Å². The van der Waals surface area contributed by atoms with Crippen LogP contribution < -0.4 is 5.56 Å². The van der Waals surface area contributed by atoms with Crippen LogP contribution in [0, 0.1) is 5.82 Å². The first-order valence-corrected chi connectivity index (χ1v) is 11.1. The summed E-state index contributed by atoms with van der Waals surface area (Å²) < 4.78 is 15.1. The van der Waals surface area contributed by atoms with Crippen molar-refractivity contribution < 1.29 is 14.0 Å². The molecule has 33 heavy (non-hydrogen) atoms. The molecule has 1 atom stereocenters. The smallest absolute Gasteiger partial charge is 0.277 e. The Kier molecular flexibility index (Phi) is 5.32. The molecular formula is C24H24FN5O3. The highest BCUT2D eigenvalue weighted by atomic mass is 19.1. The van der Waals surface area contributed by atoms with Gasteiger partial charge in [0.2, 0.25) is 5.91 Å². The van der Waals surface area contributed by atoms with Crippen LogP contribution in [0.5, 0.6) is 0 Å². The van der Waals surface area contributed by atoms with Gasteiger partial charge in [0.05, 0.1) is 29.5 Å². The van der Waals surface area contributed by atoms with Crippen LogP contribution in [-0.4, -0.2) is 49.3 Å². The van der Waals surface area contributed by atoms with Gasteiger partial charge in [-0.15, -0.1) is 0 Å². The Morgan fingerprint density at radius 1 is 1.21 bits per heavy atom. The Morgan fingerprint density at radius 2 is 2.06 bits per heavy atom. The van der Waals surface area contributed by atoms with E-state index in [9.17, 15) is 18.8 Å². The summed E-state index contributed by atoms with van der Waals surface area (Å²) >= 11 is 0. The zero-order chi connectivity index (χ0) is 23.1. The number of hydrogen-bond donors (Lipinski definition) is 1. The quantitative estimate of drug-likeness (QED) is 0.623. The van der Waals surface area contributed by atoms with E-state index in [0.717, 1.165) is 19.3 Å². The maximum Gasteiger partial charge on any atom is 0.277 e. The molecule has 1 saturated heterocycles. The van der Waals surface area contributed by atoms with Crippen molar-refractivity contribution in [2.24, 2.45) is 0 Å². The topological polar surface area (TPSA) is 90.8 Å². The summed E-state index contributed by atoms with van der Waals surface area (Å²) in [4.78, 5) is 46.4.